The van der Waals surface area contributed by atoms with E-state index in [-0.39, 0.29) is 36.1 Å². The number of hydrogen-bond acceptors (Lipinski definition) is 4. The Morgan fingerprint density at radius 3 is 2.74 bits per heavy atom. The molecule has 4 saturated carbocycles. The summed E-state index contributed by atoms with van der Waals surface area (Å²) in [5.74, 6) is 2.84. The van der Waals surface area contributed by atoms with Crippen LogP contribution in [0.25, 0.3) is 5.65 Å². The highest BCUT2D eigenvalue weighted by Crippen LogP contribution is 2.83. The Kier molecular flexibility index (Phi) is 5.44. The van der Waals surface area contributed by atoms with Crippen LogP contribution in [-0.4, -0.2) is 57.7 Å². The summed E-state index contributed by atoms with van der Waals surface area (Å²) in [6, 6.07) is 5.72. The molecule has 5 fully saturated rings. The fourth-order valence-corrected chi connectivity index (χ4v) is 8.46. The van der Waals surface area contributed by atoms with Gasteiger partial charge in [-0.15, -0.1) is 0 Å². The number of carbonyl (C=O) groups is 3. The van der Waals surface area contributed by atoms with Crippen molar-refractivity contribution in [2.75, 3.05) is 19.6 Å². The van der Waals surface area contributed by atoms with E-state index in [0.29, 0.717) is 41.0 Å². The zero-order valence-electron chi connectivity index (χ0n) is 22.5. The highest BCUT2D eigenvalue weighted by Gasteiger charge is 2.76. The Balaban J connectivity index is 0.973. The molecule has 1 spiro atoms. The molecule has 4 aliphatic carbocycles. The molecule has 2 aromatic rings. The van der Waals surface area contributed by atoms with Crippen LogP contribution in [0.2, 0.25) is 0 Å². The molecular formula is C30H39N5O3. The Morgan fingerprint density at radius 1 is 1.13 bits per heavy atom. The summed E-state index contributed by atoms with van der Waals surface area (Å²) >= 11 is 0. The number of aromatic nitrogens is 2. The minimum Gasteiger partial charge on any atom is -0.353 e. The Labute approximate surface area is 223 Å². The molecule has 0 aromatic carbocycles. The Hall–Kier alpha value is -2.90. The van der Waals surface area contributed by atoms with E-state index in [1.165, 1.54) is 32.1 Å². The standard InChI is InChI=1S/C30H39N5O3/c1-18(2)27(37)33-21-6-8-34(9-7-21)26(36)11-22-15-35-24(4-3-5-25(35)32-22)28(38)31-17-29-12-19-10-23(19)30(16-29)14-20(30)13-29/h3-5,15,18-21,23H,6-14,16-17H2,1-2H3,(H,31,38)(H,33,37). The number of amides is 3. The maximum atomic E-state index is 13.3. The highest BCUT2D eigenvalue weighted by molar-refractivity contribution is 5.93. The molecule has 5 aliphatic rings. The number of fused-ring (bicyclic) bond motifs is 3. The number of carbonyl (C=O) groups excluding carboxylic acids is 3. The van der Waals surface area contributed by atoms with Gasteiger partial charge in [0.25, 0.3) is 5.91 Å². The number of nitrogens with one attached hydrogen (secondary N) is 2. The molecule has 2 N–H and O–H groups in total. The summed E-state index contributed by atoms with van der Waals surface area (Å²) < 4.78 is 1.83. The van der Waals surface area contributed by atoms with Crippen LogP contribution in [0, 0.1) is 34.5 Å². The molecule has 38 heavy (non-hydrogen) atoms. The van der Waals surface area contributed by atoms with Crippen molar-refractivity contribution in [2.24, 2.45) is 34.5 Å². The third-order valence-corrected chi connectivity index (χ3v) is 10.5. The summed E-state index contributed by atoms with van der Waals surface area (Å²) in [6.07, 6.45) is 10.3. The van der Waals surface area contributed by atoms with Crippen LogP contribution in [0.5, 0.6) is 0 Å². The van der Waals surface area contributed by atoms with Gasteiger partial charge in [-0.05, 0) is 85.7 Å². The van der Waals surface area contributed by atoms with Gasteiger partial charge in [0.1, 0.15) is 11.3 Å². The van der Waals surface area contributed by atoms with Crippen molar-refractivity contribution in [3.8, 4) is 0 Å². The lowest BCUT2D eigenvalue weighted by molar-refractivity contribution is -0.131. The number of rotatable bonds is 7. The van der Waals surface area contributed by atoms with E-state index >= 15 is 0 Å². The van der Waals surface area contributed by atoms with Gasteiger partial charge in [-0.3, -0.25) is 18.8 Å². The van der Waals surface area contributed by atoms with Crippen molar-refractivity contribution in [3.05, 3.63) is 35.8 Å². The number of hydrogen-bond donors (Lipinski definition) is 2. The molecule has 0 radical (unpaired) electrons. The van der Waals surface area contributed by atoms with Crippen molar-refractivity contribution in [1.82, 2.24) is 24.9 Å². The molecule has 1 saturated heterocycles. The second-order valence-corrected chi connectivity index (χ2v) is 13.4. The van der Waals surface area contributed by atoms with E-state index in [0.717, 1.165) is 37.1 Å². The third-order valence-electron chi connectivity index (χ3n) is 10.5. The number of piperidine rings is 1. The fraction of sp³-hybridized carbons (Fsp3) is 0.667. The normalized spacial score (nSPS) is 33.1. The van der Waals surface area contributed by atoms with Gasteiger partial charge in [0, 0.05) is 37.8 Å². The third kappa shape index (κ3) is 4.02. The molecule has 7 rings (SSSR count). The molecule has 3 amide bonds. The van der Waals surface area contributed by atoms with Gasteiger partial charge in [-0.25, -0.2) is 4.98 Å². The van der Waals surface area contributed by atoms with E-state index in [4.69, 9.17) is 0 Å². The molecule has 2 aromatic heterocycles. The summed E-state index contributed by atoms with van der Waals surface area (Å²) in [4.78, 5) is 44.8. The van der Waals surface area contributed by atoms with Crippen molar-refractivity contribution < 1.29 is 14.4 Å². The van der Waals surface area contributed by atoms with Crippen molar-refractivity contribution in [3.63, 3.8) is 0 Å². The van der Waals surface area contributed by atoms with E-state index in [1.807, 2.05) is 47.5 Å². The van der Waals surface area contributed by atoms with Crippen LogP contribution >= 0.6 is 0 Å². The molecule has 1 aliphatic heterocycles. The first-order valence-corrected chi connectivity index (χ1v) is 14.6. The van der Waals surface area contributed by atoms with Crippen molar-refractivity contribution >= 4 is 23.4 Å². The van der Waals surface area contributed by atoms with E-state index < -0.39 is 0 Å². The highest BCUT2D eigenvalue weighted by atomic mass is 16.2. The number of likely N-dealkylation sites (tertiary alicyclic amines) is 1. The first-order chi connectivity index (χ1) is 18.3. The first-order valence-electron chi connectivity index (χ1n) is 14.6. The molecule has 8 heteroatoms. The van der Waals surface area contributed by atoms with Gasteiger partial charge in [-0.1, -0.05) is 19.9 Å². The lowest BCUT2D eigenvalue weighted by Crippen LogP contribution is -2.47. The van der Waals surface area contributed by atoms with Gasteiger partial charge in [0.2, 0.25) is 11.8 Å². The molecule has 5 unspecified atom stereocenters. The van der Waals surface area contributed by atoms with E-state index in [2.05, 4.69) is 15.6 Å². The maximum absolute atomic E-state index is 13.3. The summed E-state index contributed by atoms with van der Waals surface area (Å²) in [5, 5.41) is 6.37. The van der Waals surface area contributed by atoms with Crippen molar-refractivity contribution in [1.29, 1.82) is 0 Å². The van der Waals surface area contributed by atoms with Crippen molar-refractivity contribution in [2.45, 2.75) is 71.3 Å². The zero-order chi connectivity index (χ0) is 26.2. The summed E-state index contributed by atoms with van der Waals surface area (Å²) in [7, 11) is 0. The first kappa shape index (κ1) is 24.2. The minimum atomic E-state index is -0.0571. The second kappa shape index (κ2) is 8.55. The van der Waals surface area contributed by atoms with E-state index in [9.17, 15) is 14.4 Å². The predicted molar refractivity (Wildman–Crippen MR) is 142 cm³/mol. The quantitative estimate of drug-likeness (QED) is 0.590. The average Bonchev–Trinajstić information content (AvgIpc) is 3.74. The van der Waals surface area contributed by atoms with Gasteiger partial charge < -0.3 is 15.5 Å². The van der Waals surface area contributed by atoms with E-state index in [1.54, 1.807) is 0 Å². The second-order valence-electron chi connectivity index (χ2n) is 13.4. The van der Waals surface area contributed by atoms with Crippen LogP contribution in [0.3, 0.4) is 0 Å². The maximum Gasteiger partial charge on any atom is 0.268 e. The molecule has 8 nitrogen and oxygen atoms in total. The van der Waals surface area contributed by atoms with Gasteiger partial charge >= 0.3 is 0 Å². The zero-order valence-corrected chi connectivity index (χ0v) is 22.5. The predicted octanol–water partition coefficient (Wildman–Crippen LogP) is 3.20. The van der Waals surface area contributed by atoms with Crippen LogP contribution in [-0.2, 0) is 16.0 Å². The summed E-state index contributed by atoms with van der Waals surface area (Å²) in [6.45, 7) is 5.82. The molecule has 2 bridgehead atoms. The minimum absolute atomic E-state index is 0.0329. The lowest BCUT2D eigenvalue weighted by Gasteiger charge is -2.36. The van der Waals surface area contributed by atoms with Crippen LogP contribution in [0.15, 0.2) is 24.4 Å². The molecular weight excluding hydrogens is 478 g/mol. The molecule has 3 heterocycles. The van der Waals surface area contributed by atoms with Crippen LogP contribution < -0.4 is 10.6 Å². The Morgan fingerprint density at radius 2 is 1.95 bits per heavy atom. The molecule has 5 atom stereocenters. The SMILES string of the molecule is CC(C)C(=O)NC1CCN(C(=O)Cc2cn3c(C(=O)NCC45CC6CC6C6(CC6C4)C5)cccc3n2)CC1. The lowest BCUT2D eigenvalue weighted by atomic mass is 9.71. The van der Waals surface area contributed by atoms with Gasteiger partial charge in [0.15, 0.2) is 0 Å². The topological polar surface area (TPSA) is 95.8 Å². The number of pyridine rings is 1. The smallest absolute Gasteiger partial charge is 0.268 e. The van der Waals surface area contributed by atoms with Gasteiger partial charge in [-0.2, -0.15) is 0 Å². The fourth-order valence-electron chi connectivity index (χ4n) is 8.46. The monoisotopic (exact) mass is 517 g/mol. The molecule has 202 valence electrons. The van der Waals surface area contributed by atoms with Crippen LogP contribution in [0.1, 0.15) is 75.0 Å². The Bertz CT molecular complexity index is 1310. The summed E-state index contributed by atoms with van der Waals surface area (Å²) in [5.41, 5.74) is 2.89. The van der Waals surface area contributed by atoms with Crippen LogP contribution in [0.4, 0.5) is 0 Å². The average molecular weight is 518 g/mol. The number of imidazole rings is 1. The van der Waals surface area contributed by atoms with Gasteiger partial charge in [0.05, 0.1) is 12.1 Å². The number of nitrogens with zero attached hydrogens (tertiary/aromatic N) is 3. The largest absolute Gasteiger partial charge is 0.353 e.